The quantitative estimate of drug-likeness (QED) is 0.146. The molecule has 0 bridgehead atoms. The van der Waals surface area contributed by atoms with Gasteiger partial charge in [0, 0.05) is 11.8 Å². The van der Waals surface area contributed by atoms with Crippen LogP contribution in [0, 0.1) is 0 Å². The van der Waals surface area contributed by atoms with E-state index in [2.05, 4.69) is 204 Å². The lowest BCUT2D eigenvalue weighted by Gasteiger charge is -2.37. The fourth-order valence-corrected chi connectivity index (χ4v) is 10.3. The van der Waals surface area contributed by atoms with Crippen LogP contribution < -0.4 is 0 Å². The molecule has 0 N–H and O–H groups in total. The molecule has 0 fully saturated rings. The molecule has 0 heterocycles. The molecule has 0 aliphatic heterocycles. The minimum Gasteiger partial charge on any atom is -0.0685 e. The van der Waals surface area contributed by atoms with Crippen LogP contribution in [0.3, 0.4) is 0 Å². The highest BCUT2D eigenvalue weighted by Gasteiger charge is 2.36. The van der Waals surface area contributed by atoms with Crippen LogP contribution in [0.15, 0.2) is 175 Å². The average molecular weight is 739 g/mol. The second-order valence-electron chi connectivity index (χ2n) is 17.1. The Hall–Kier alpha value is -5.72. The highest BCUT2D eigenvalue weighted by molar-refractivity contribution is 5.88. The van der Waals surface area contributed by atoms with Gasteiger partial charge in [-0.3, -0.25) is 0 Å². The van der Waals surface area contributed by atoms with Crippen LogP contribution in [0.4, 0.5) is 0 Å². The molecule has 0 saturated heterocycles. The summed E-state index contributed by atoms with van der Waals surface area (Å²) in [5.41, 5.74) is 22.5. The molecule has 57 heavy (non-hydrogen) atoms. The molecule has 0 saturated carbocycles. The third-order valence-corrected chi connectivity index (χ3v) is 13.2. The van der Waals surface area contributed by atoms with Crippen molar-refractivity contribution in [3.63, 3.8) is 0 Å². The molecule has 0 spiro atoms. The summed E-state index contributed by atoms with van der Waals surface area (Å²) in [4.78, 5) is 0. The summed E-state index contributed by atoms with van der Waals surface area (Å²) in [6, 6.07) is 64.4. The molecule has 4 atom stereocenters. The average Bonchev–Trinajstić information content (AvgIpc) is 3.38. The van der Waals surface area contributed by atoms with E-state index < -0.39 is 0 Å². The molecular weight excluding hydrogens is 685 g/mol. The van der Waals surface area contributed by atoms with Gasteiger partial charge in [-0.25, -0.2) is 0 Å². The van der Waals surface area contributed by atoms with Crippen molar-refractivity contribution in [1.82, 2.24) is 0 Å². The fraction of sp³-hybridized carbons (Fsp3) is 0.228. The highest BCUT2D eigenvalue weighted by Crippen LogP contribution is 2.55. The molecule has 2 aliphatic carbocycles. The molecule has 9 rings (SSSR count). The van der Waals surface area contributed by atoms with E-state index in [0.717, 1.165) is 19.3 Å². The van der Waals surface area contributed by atoms with E-state index in [0.29, 0.717) is 23.7 Å². The second kappa shape index (κ2) is 15.7. The molecule has 7 aromatic rings. The molecule has 0 amide bonds. The van der Waals surface area contributed by atoms with Crippen molar-refractivity contribution in [2.75, 3.05) is 0 Å². The molecule has 0 aromatic heterocycles. The van der Waals surface area contributed by atoms with Crippen LogP contribution in [0.5, 0.6) is 0 Å². The minimum atomic E-state index is 0.248. The maximum absolute atomic E-state index is 2.50. The first kappa shape index (κ1) is 36.9. The lowest BCUT2D eigenvalue weighted by Crippen LogP contribution is -2.19. The summed E-state index contributed by atoms with van der Waals surface area (Å²) < 4.78 is 0. The number of allylic oxidation sites excluding steroid dienone is 2. The molecule has 0 radical (unpaired) electrons. The summed E-state index contributed by atoms with van der Waals surface area (Å²) in [7, 11) is 0. The van der Waals surface area contributed by atoms with E-state index in [1.54, 1.807) is 0 Å². The minimum absolute atomic E-state index is 0.248. The third kappa shape index (κ3) is 6.91. The smallest absolute Gasteiger partial charge is 0.0167 e. The number of benzene rings is 7. The molecular formula is C57H54. The monoisotopic (exact) mass is 738 g/mol. The number of rotatable bonds is 8. The van der Waals surface area contributed by atoms with Crippen molar-refractivity contribution in [2.24, 2.45) is 0 Å². The van der Waals surface area contributed by atoms with Gasteiger partial charge in [0.05, 0.1) is 0 Å². The molecule has 0 nitrogen and oxygen atoms in total. The lowest BCUT2D eigenvalue weighted by molar-refractivity contribution is 0.626. The van der Waals surface area contributed by atoms with Crippen LogP contribution in [-0.2, 0) is 6.42 Å². The van der Waals surface area contributed by atoms with Crippen molar-refractivity contribution in [1.29, 1.82) is 0 Å². The highest BCUT2D eigenvalue weighted by atomic mass is 14.4. The van der Waals surface area contributed by atoms with Gasteiger partial charge in [-0.2, -0.15) is 0 Å². The van der Waals surface area contributed by atoms with Crippen LogP contribution in [0.2, 0.25) is 0 Å². The first-order chi connectivity index (χ1) is 27.9. The summed E-state index contributed by atoms with van der Waals surface area (Å²) in [6.07, 6.45) is 3.18. The number of hydrogen-bond acceptors (Lipinski definition) is 0. The molecule has 2 aliphatic rings. The Bertz CT molecular complexity index is 2570. The van der Waals surface area contributed by atoms with Crippen LogP contribution in [-0.4, -0.2) is 0 Å². The normalized spacial score (nSPS) is 18.8. The van der Waals surface area contributed by atoms with Crippen LogP contribution in [0.1, 0.15) is 122 Å². The van der Waals surface area contributed by atoms with Crippen molar-refractivity contribution in [2.45, 2.75) is 83.5 Å². The molecule has 4 unspecified atom stereocenters. The van der Waals surface area contributed by atoms with Gasteiger partial charge >= 0.3 is 0 Å². The van der Waals surface area contributed by atoms with E-state index in [4.69, 9.17) is 0 Å². The van der Waals surface area contributed by atoms with E-state index in [9.17, 15) is 0 Å². The molecule has 7 aromatic carbocycles. The molecule has 282 valence electrons. The Kier molecular flexibility index (Phi) is 10.1. The van der Waals surface area contributed by atoms with Gasteiger partial charge in [0.1, 0.15) is 0 Å². The summed E-state index contributed by atoms with van der Waals surface area (Å²) in [5, 5.41) is 0. The predicted molar refractivity (Wildman–Crippen MR) is 243 cm³/mol. The third-order valence-electron chi connectivity index (χ3n) is 13.2. The number of aryl methyl sites for hydroxylation is 1. The zero-order chi connectivity index (χ0) is 39.0. The summed E-state index contributed by atoms with van der Waals surface area (Å²) >= 11 is 0. The topological polar surface area (TPSA) is 0 Å². The van der Waals surface area contributed by atoms with Gasteiger partial charge in [0.15, 0.2) is 0 Å². The summed E-state index contributed by atoms with van der Waals surface area (Å²) in [5.74, 6) is 1.80. The second-order valence-corrected chi connectivity index (χ2v) is 17.1. The lowest BCUT2D eigenvalue weighted by atomic mass is 9.66. The van der Waals surface area contributed by atoms with Crippen molar-refractivity contribution in [3.8, 4) is 33.4 Å². The zero-order valence-electron chi connectivity index (χ0n) is 34.2. The van der Waals surface area contributed by atoms with Crippen molar-refractivity contribution < 1.29 is 0 Å². The Morgan fingerprint density at radius 3 is 1.81 bits per heavy atom. The number of hydrogen-bond donors (Lipinski definition) is 0. The van der Waals surface area contributed by atoms with E-state index in [1.807, 2.05) is 0 Å². The van der Waals surface area contributed by atoms with E-state index >= 15 is 0 Å². The maximum Gasteiger partial charge on any atom is 0.0167 e. The molecule has 0 heteroatoms. The van der Waals surface area contributed by atoms with Gasteiger partial charge < -0.3 is 0 Å². The zero-order valence-corrected chi connectivity index (χ0v) is 34.2. The maximum atomic E-state index is 2.50. The standard InChI is InChI=1S/C57H54/c1-37(2)45-22-12-16-26-51(45)56(38(3)28-29-41-18-8-6-9-19-41)57-40(5)47-33-31-44(36-55(47)50-25-15-17-27-52(50)57)43-30-32-46-39(4)34-53(42-20-10-7-11-21-42)48-23-13-14-24-49(48)54(46)35-43/h6-27,30-33,35-37,39-40,53,57H,28-29,34H2,1-5H3/b56-38-. The first-order valence-corrected chi connectivity index (χ1v) is 21.2. The largest absolute Gasteiger partial charge is 0.0685 e. The number of fused-ring (bicyclic) bond motifs is 6. The van der Waals surface area contributed by atoms with Crippen LogP contribution >= 0.6 is 0 Å². The van der Waals surface area contributed by atoms with Gasteiger partial charge in [-0.15, -0.1) is 0 Å². The predicted octanol–water partition coefficient (Wildman–Crippen LogP) is 15.8. The van der Waals surface area contributed by atoms with Crippen molar-refractivity contribution >= 4 is 5.57 Å². The van der Waals surface area contributed by atoms with Gasteiger partial charge in [-0.05, 0) is 140 Å². The van der Waals surface area contributed by atoms with Gasteiger partial charge in [-0.1, -0.05) is 191 Å². The Balaban J connectivity index is 1.14. The van der Waals surface area contributed by atoms with Gasteiger partial charge in [0.2, 0.25) is 0 Å². The van der Waals surface area contributed by atoms with Crippen LogP contribution in [0.25, 0.3) is 39.0 Å². The fourth-order valence-electron chi connectivity index (χ4n) is 10.3. The van der Waals surface area contributed by atoms with Gasteiger partial charge in [0.25, 0.3) is 0 Å². The van der Waals surface area contributed by atoms with Crippen molar-refractivity contribution in [3.05, 3.63) is 220 Å². The Morgan fingerprint density at radius 1 is 0.544 bits per heavy atom. The Morgan fingerprint density at radius 2 is 1.11 bits per heavy atom. The van der Waals surface area contributed by atoms with E-state index in [-0.39, 0.29) is 5.92 Å². The SMILES string of the molecule is C/C(CCc1ccccc1)=C(\c1ccccc1C(C)C)C1c2ccccc2-c2cc(-c3ccc4c(c3)-c3ccccc3C(c3ccccc3)CC4C)ccc2C1C. The van der Waals surface area contributed by atoms with E-state index in [1.165, 1.54) is 89.0 Å². The Labute approximate surface area is 341 Å². The first-order valence-electron chi connectivity index (χ1n) is 21.2. The summed E-state index contributed by atoms with van der Waals surface area (Å²) in [6.45, 7) is 12.0.